The summed E-state index contributed by atoms with van der Waals surface area (Å²) in [6, 6.07) is 11.7. The summed E-state index contributed by atoms with van der Waals surface area (Å²) in [4.78, 5) is 12.3. The van der Waals surface area contributed by atoms with Crippen LogP contribution in [0.4, 0.5) is 5.69 Å². The summed E-state index contributed by atoms with van der Waals surface area (Å²) in [6.07, 6.45) is -0.570. The van der Waals surface area contributed by atoms with Crippen LogP contribution in [0.1, 0.15) is 23.6 Å². The van der Waals surface area contributed by atoms with E-state index >= 15 is 0 Å². The number of hydrogen-bond donors (Lipinski definition) is 1. The van der Waals surface area contributed by atoms with Crippen molar-refractivity contribution < 1.29 is 9.53 Å². The molecule has 2 rings (SSSR count). The van der Waals surface area contributed by atoms with Crippen LogP contribution >= 0.6 is 15.9 Å². The second kappa shape index (κ2) is 6.97. The molecule has 0 fully saturated rings. The molecule has 0 spiro atoms. The highest BCUT2D eigenvalue weighted by Gasteiger charge is 2.17. The molecular weight excluding hydrogens is 342 g/mol. The lowest BCUT2D eigenvalue weighted by molar-refractivity contribution is -0.122. The van der Waals surface area contributed by atoms with Crippen LogP contribution in [0.15, 0.2) is 40.9 Å². The molecule has 3 nitrogen and oxygen atoms in total. The summed E-state index contributed by atoms with van der Waals surface area (Å²) in [7, 11) is 0. The maximum atomic E-state index is 12.3. The van der Waals surface area contributed by atoms with Gasteiger partial charge in [-0.3, -0.25) is 4.79 Å². The van der Waals surface area contributed by atoms with E-state index in [9.17, 15) is 4.79 Å². The molecular formula is C18H20BrNO2. The van der Waals surface area contributed by atoms with Gasteiger partial charge in [-0.15, -0.1) is 0 Å². The van der Waals surface area contributed by atoms with Crippen molar-refractivity contribution >= 4 is 27.5 Å². The van der Waals surface area contributed by atoms with Crippen LogP contribution in [-0.4, -0.2) is 12.0 Å². The minimum Gasteiger partial charge on any atom is -0.480 e. The first-order valence-electron chi connectivity index (χ1n) is 7.18. The second-order valence-electron chi connectivity index (χ2n) is 5.49. The summed E-state index contributed by atoms with van der Waals surface area (Å²) >= 11 is 3.46. The van der Waals surface area contributed by atoms with Crippen molar-refractivity contribution in [3.8, 4) is 5.75 Å². The highest BCUT2D eigenvalue weighted by molar-refractivity contribution is 9.10. The Bertz CT molecular complexity index is 674. The number of amides is 1. The molecule has 0 radical (unpaired) electrons. The maximum Gasteiger partial charge on any atom is 0.265 e. The summed E-state index contributed by atoms with van der Waals surface area (Å²) in [5, 5.41) is 2.88. The Morgan fingerprint density at radius 3 is 2.36 bits per heavy atom. The van der Waals surface area contributed by atoms with Crippen molar-refractivity contribution in [3.05, 3.63) is 57.6 Å². The molecule has 0 aliphatic carbocycles. The highest BCUT2D eigenvalue weighted by Crippen LogP contribution is 2.28. The van der Waals surface area contributed by atoms with E-state index in [1.165, 1.54) is 0 Å². The third-order valence-electron chi connectivity index (χ3n) is 3.37. The molecule has 1 atom stereocenters. The van der Waals surface area contributed by atoms with Gasteiger partial charge in [0.25, 0.3) is 5.91 Å². The largest absolute Gasteiger partial charge is 0.480 e. The van der Waals surface area contributed by atoms with Crippen molar-refractivity contribution in [3.63, 3.8) is 0 Å². The zero-order chi connectivity index (χ0) is 16.3. The third kappa shape index (κ3) is 4.10. The van der Waals surface area contributed by atoms with E-state index in [0.717, 1.165) is 32.6 Å². The maximum absolute atomic E-state index is 12.3. The molecule has 1 unspecified atom stereocenters. The second-order valence-corrected chi connectivity index (χ2v) is 6.40. The van der Waals surface area contributed by atoms with Crippen molar-refractivity contribution in [2.45, 2.75) is 33.8 Å². The molecule has 116 valence electrons. The van der Waals surface area contributed by atoms with E-state index in [-0.39, 0.29) is 5.91 Å². The van der Waals surface area contributed by atoms with E-state index in [0.29, 0.717) is 0 Å². The molecule has 2 aromatic rings. The summed E-state index contributed by atoms with van der Waals surface area (Å²) in [6.45, 7) is 7.69. The molecule has 2 aromatic carbocycles. The van der Waals surface area contributed by atoms with Gasteiger partial charge in [0, 0.05) is 10.2 Å². The van der Waals surface area contributed by atoms with Crippen LogP contribution in [0.5, 0.6) is 5.75 Å². The van der Waals surface area contributed by atoms with Gasteiger partial charge in [0.15, 0.2) is 6.10 Å². The first-order chi connectivity index (χ1) is 10.4. The monoisotopic (exact) mass is 361 g/mol. The fraction of sp³-hybridized carbons (Fsp3) is 0.278. The summed E-state index contributed by atoms with van der Waals surface area (Å²) < 4.78 is 6.87. The van der Waals surface area contributed by atoms with Crippen LogP contribution in [-0.2, 0) is 4.79 Å². The predicted molar refractivity (Wildman–Crippen MR) is 93.5 cm³/mol. The Kier molecular flexibility index (Phi) is 5.24. The number of aryl methyl sites for hydroxylation is 3. The number of benzene rings is 2. The molecule has 4 heteroatoms. The molecule has 1 N–H and O–H groups in total. The summed E-state index contributed by atoms with van der Waals surface area (Å²) in [5.41, 5.74) is 3.89. The van der Waals surface area contributed by atoms with Gasteiger partial charge in [-0.25, -0.2) is 0 Å². The van der Waals surface area contributed by atoms with Crippen molar-refractivity contribution in [2.75, 3.05) is 5.32 Å². The van der Waals surface area contributed by atoms with Gasteiger partial charge < -0.3 is 10.1 Å². The van der Waals surface area contributed by atoms with Gasteiger partial charge in [0.05, 0.1) is 0 Å². The van der Waals surface area contributed by atoms with Crippen LogP contribution in [0.3, 0.4) is 0 Å². The van der Waals surface area contributed by atoms with Crippen molar-refractivity contribution in [1.29, 1.82) is 0 Å². The van der Waals surface area contributed by atoms with Gasteiger partial charge in [-0.1, -0.05) is 28.1 Å². The number of hydrogen-bond acceptors (Lipinski definition) is 2. The lowest BCUT2D eigenvalue weighted by Gasteiger charge is -2.18. The fourth-order valence-electron chi connectivity index (χ4n) is 2.28. The Balaban J connectivity index is 2.09. The number of halogens is 1. The molecule has 0 aliphatic heterocycles. The molecule has 0 aromatic heterocycles. The molecule has 22 heavy (non-hydrogen) atoms. The number of nitrogens with one attached hydrogen (secondary N) is 1. The quantitative estimate of drug-likeness (QED) is 0.850. The topological polar surface area (TPSA) is 38.3 Å². The fourth-order valence-corrected chi connectivity index (χ4v) is 2.97. The Labute approximate surface area is 139 Å². The normalized spacial score (nSPS) is 11.9. The van der Waals surface area contributed by atoms with Crippen LogP contribution in [0.25, 0.3) is 0 Å². The SMILES string of the molecule is Cc1cccc(NC(=O)C(C)Oc2c(C)cc(Br)cc2C)c1. The Hall–Kier alpha value is -1.81. The van der Waals surface area contributed by atoms with Crippen molar-refractivity contribution in [1.82, 2.24) is 0 Å². The van der Waals surface area contributed by atoms with Gasteiger partial charge in [0.1, 0.15) is 5.75 Å². The zero-order valence-corrected chi connectivity index (χ0v) is 14.8. The smallest absolute Gasteiger partial charge is 0.265 e. The van der Waals surface area contributed by atoms with Gasteiger partial charge in [0.2, 0.25) is 0 Å². The number of carbonyl (C=O) groups is 1. The van der Waals surface area contributed by atoms with Crippen molar-refractivity contribution in [2.24, 2.45) is 0 Å². The van der Waals surface area contributed by atoms with E-state index in [1.807, 2.05) is 57.2 Å². The molecule has 0 saturated carbocycles. The number of rotatable bonds is 4. The summed E-state index contributed by atoms with van der Waals surface area (Å²) in [5.74, 6) is 0.599. The minimum atomic E-state index is -0.570. The molecule has 0 heterocycles. The molecule has 0 aliphatic rings. The first kappa shape index (κ1) is 16.6. The van der Waals surface area contributed by atoms with Crippen LogP contribution in [0, 0.1) is 20.8 Å². The average Bonchev–Trinajstić information content (AvgIpc) is 2.42. The van der Waals surface area contributed by atoms with E-state index in [4.69, 9.17) is 4.74 Å². The first-order valence-corrected chi connectivity index (χ1v) is 7.97. The number of anilines is 1. The predicted octanol–water partition coefficient (Wildman–Crippen LogP) is 4.78. The van der Waals surface area contributed by atoms with Gasteiger partial charge in [-0.2, -0.15) is 0 Å². The zero-order valence-electron chi connectivity index (χ0n) is 13.2. The van der Waals surface area contributed by atoms with E-state index in [2.05, 4.69) is 21.2 Å². The van der Waals surface area contributed by atoms with E-state index < -0.39 is 6.10 Å². The van der Waals surface area contributed by atoms with Crippen LogP contribution < -0.4 is 10.1 Å². The Morgan fingerprint density at radius 2 is 1.77 bits per heavy atom. The molecule has 1 amide bonds. The van der Waals surface area contributed by atoms with Crippen LogP contribution in [0.2, 0.25) is 0 Å². The lowest BCUT2D eigenvalue weighted by Crippen LogP contribution is -2.30. The Morgan fingerprint density at radius 1 is 1.14 bits per heavy atom. The average molecular weight is 362 g/mol. The third-order valence-corrected chi connectivity index (χ3v) is 3.83. The van der Waals surface area contributed by atoms with E-state index in [1.54, 1.807) is 6.92 Å². The standard InChI is InChI=1S/C18H20BrNO2/c1-11-6-5-7-16(8-11)20-18(21)14(4)22-17-12(2)9-15(19)10-13(17)3/h5-10,14H,1-4H3,(H,20,21). The van der Waals surface area contributed by atoms with Gasteiger partial charge >= 0.3 is 0 Å². The van der Waals surface area contributed by atoms with Gasteiger partial charge in [-0.05, 0) is 68.7 Å². The molecule has 0 bridgehead atoms. The molecule has 0 saturated heterocycles. The minimum absolute atomic E-state index is 0.160. The lowest BCUT2D eigenvalue weighted by atomic mass is 10.1. The highest BCUT2D eigenvalue weighted by atomic mass is 79.9. The number of carbonyl (C=O) groups excluding carboxylic acids is 1. The number of ether oxygens (including phenoxy) is 1.